The number of carbonyl (C=O) groups excluding carboxylic acids is 2. The third kappa shape index (κ3) is 8.06. The van der Waals surface area contributed by atoms with E-state index in [4.69, 9.17) is 0 Å². The summed E-state index contributed by atoms with van der Waals surface area (Å²) >= 11 is 0. The second-order valence-electron chi connectivity index (χ2n) is 10.0. The van der Waals surface area contributed by atoms with Crippen molar-refractivity contribution in [2.75, 3.05) is 17.1 Å². The molecule has 0 saturated carbocycles. The molecule has 9 heteroatoms. The van der Waals surface area contributed by atoms with Crippen molar-refractivity contribution in [3.8, 4) is 0 Å². The van der Waals surface area contributed by atoms with Gasteiger partial charge in [0.05, 0.1) is 11.9 Å². The third-order valence-corrected chi connectivity index (χ3v) is 6.63. The molecule has 0 aliphatic rings. The van der Waals surface area contributed by atoms with Crippen molar-refractivity contribution >= 4 is 27.5 Å². The van der Waals surface area contributed by atoms with Gasteiger partial charge < -0.3 is 10.2 Å². The molecule has 7 nitrogen and oxygen atoms in total. The van der Waals surface area contributed by atoms with Crippen LogP contribution in [0.2, 0.25) is 0 Å². The summed E-state index contributed by atoms with van der Waals surface area (Å²) in [6.07, 6.45) is 1.02. The highest BCUT2D eigenvalue weighted by Gasteiger charge is 2.31. The minimum Gasteiger partial charge on any atom is -0.350 e. The van der Waals surface area contributed by atoms with Crippen LogP contribution < -0.4 is 9.62 Å². The fourth-order valence-corrected chi connectivity index (χ4v) is 4.36. The maximum Gasteiger partial charge on any atom is 0.244 e. The normalized spacial score (nSPS) is 12.8. The van der Waals surface area contributed by atoms with E-state index in [1.54, 1.807) is 25.1 Å². The third-order valence-electron chi connectivity index (χ3n) is 5.49. The zero-order valence-corrected chi connectivity index (χ0v) is 22.3. The Morgan fingerprint density at radius 3 is 2.06 bits per heavy atom. The smallest absolute Gasteiger partial charge is 0.244 e. The first-order chi connectivity index (χ1) is 16.1. The number of hydrogen-bond donors (Lipinski definition) is 1. The number of hydrogen-bond acceptors (Lipinski definition) is 4. The zero-order valence-electron chi connectivity index (χ0n) is 21.5. The molecule has 0 spiro atoms. The molecule has 2 amide bonds. The van der Waals surface area contributed by atoms with Crippen molar-refractivity contribution in [1.29, 1.82) is 0 Å². The summed E-state index contributed by atoms with van der Waals surface area (Å²) in [6.45, 7) is 10.3. The highest BCUT2D eigenvalue weighted by Crippen LogP contribution is 2.23. The van der Waals surface area contributed by atoms with Gasteiger partial charge in [0.25, 0.3) is 0 Å². The van der Waals surface area contributed by atoms with Gasteiger partial charge in [-0.15, -0.1) is 0 Å². The van der Waals surface area contributed by atoms with Crippen LogP contribution in [0.3, 0.4) is 0 Å². The van der Waals surface area contributed by atoms with Gasteiger partial charge >= 0.3 is 0 Å². The van der Waals surface area contributed by atoms with E-state index in [2.05, 4.69) is 5.32 Å². The minimum absolute atomic E-state index is 0.186. The second kappa shape index (κ2) is 11.2. The summed E-state index contributed by atoms with van der Waals surface area (Å²) in [7, 11) is -3.82. The van der Waals surface area contributed by atoms with Crippen molar-refractivity contribution in [2.45, 2.75) is 65.6 Å². The lowest BCUT2D eigenvalue weighted by molar-refractivity contribution is -0.140. The van der Waals surface area contributed by atoms with Crippen LogP contribution in [0.15, 0.2) is 48.5 Å². The molecule has 1 N–H and O–H groups in total. The van der Waals surface area contributed by atoms with Crippen LogP contribution >= 0.6 is 0 Å². The molecule has 35 heavy (non-hydrogen) atoms. The summed E-state index contributed by atoms with van der Waals surface area (Å²) in [5, 5.41) is 2.83. The average Bonchev–Trinajstić information content (AvgIpc) is 2.74. The van der Waals surface area contributed by atoms with Crippen molar-refractivity contribution in [3.05, 3.63) is 65.5 Å². The lowest BCUT2D eigenvalue weighted by Crippen LogP contribution is -2.54. The maximum absolute atomic E-state index is 14.4. The van der Waals surface area contributed by atoms with Crippen LogP contribution in [-0.2, 0) is 26.2 Å². The molecule has 0 unspecified atom stereocenters. The molecular formula is C26H36FN3O4S. The summed E-state index contributed by atoms with van der Waals surface area (Å²) < 4.78 is 40.7. The minimum atomic E-state index is -3.82. The Labute approximate surface area is 208 Å². The lowest BCUT2D eigenvalue weighted by atomic mass is 10.0. The van der Waals surface area contributed by atoms with Gasteiger partial charge in [0.15, 0.2) is 0 Å². The number of sulfonamides is 1. The van der Waals surface area contributed by atoms with Crippen molar-refractivity contribution in [2.24, 2.45) is 0 Å². The molecule has 0 heterocycles. The van der Waals surface area contributed by atoms with E-state index in [0.717, 1.165) is 16.1 Å². The van der Waals surface area contributed by atoms with Crippen molar-refractivity contribution in [3.63, 3.8) is 0 Å². The van der Waals surface area contributed by atoms with E-state index in [-0.39, 0.29) is 18.0 Å². The number of carbonyl (C=O) groups is 2. The van der Waals surface area contributed by atoms with Crippen LogP contribution in [0.25, 0.3) is 0 Å². The Hall–Kier alpha value is -2.94. The summed E-state index contributed by atoms with van der Waals surface area (Å²) in [5.41, 5.74) is 1.04. The Bertz CT molecular complexity index is 1140. The van der Waals surface area contributed by atoms with Crippen molar-refractivity contribution in [1.82, 2.24) is 10.2 Å². The van der Waals surface area contributed by atoms with Gasteiger partial charge in [0, 0.05) is 17.6 Å². The first-order valence-electron chi connectivity index (χ1n) is 11.5. The predicted molar refractivity (Wildman–Crippen MR) is 137 cm³/mol. The second-order valence-corrected chi connectivity index (χ2v) is 12.0. The predicted octanol–water partition coefficient (Wildman–Crippen LogP) is 4.05. The fraction of sp³-hybridized carbons (Fsp3) is 0.462. The highest BCUT2D eigenvalue weighted by molar-refractivity contribution is 7.92. The number of benzene rings is 2. The lowest BCUT2D eigenvalue weighted by Gasteiger charge is -2.33. The van der Waals surface area contributed by atoms with E-state index >= 15 is 0 Å². The number of nitrogens with one attached hydrogen (secondary N) is 1. The molecule has 0 aromatic heterocycles. The van der Waals surface area contributed by atoms with Crippen LogP contribution in [0.1, 0.15) is 58.6 Å². The molecule has 0 fully saturated rings. The van der Waals surface area contributed by atoms with Gasteiger partial charge in [-0.25, -0.2) is 12.8 Å². The fourth-order valence-electron chi connectivity index (χ4n) is 3.51. The SMILES string of the molecule is CC(C)c1ccc(N(CC(=O)N(Cc2ccccc2F)[C@@H](C)C(=O)NC(C)(C)C)S(C)(=O)=O)cc1. The number of halogens is 1. The van der Waals surface area contributed by atoms with E-state index in [1.807, 2.05) is 46.8 Å². The van der Waals surface area contributed by atoms with Crippen LogP contribution in [0.4, 0.5) is 10.1 Å². The van der Waals surface area contributed by atoms with Gasteiger partial charge in [0.1, 0.15) is 18.4 Å². The van der Waals surface area contributed by atoms with Crippen LogP contribution in [-0.4, -0.2) is 49.5 Å². The average molecular weight is 506 g/mol. The number of amides is 2. The van der Waals surface area contributed by atoms with Gasteiger partial charge in [0.2, 0.25) is 21.8 Å². The van der Waals surface area contributed by atoms with E-state index < -0.39 is 45.8 Å². The highest BCUT2D eigenvalue weighted by atomic mass is 32.2. The Balaban J connectivity index is 2.42. The molecule has 1 atom stereocenters. The van der Waals surface area contributed by atoms with E-state index in [9.17, 15) is 22.4 Å². The van der Waals surface area contributed by atoms with Crippen LogP contribution in [0, 0.1) is 5.82 Å². The molecule has 2 aromatic carbocycles. The molecule has 0 saturated heterocycles. The van der Waals surface area contributed by atoms with Crippen molar-refractivity contribution < 1.29 is 22.4 Å². The van der Waals surface area contributed by atoms with Crippen LogP contribution in [0.5, 0.6) is 0 Å². The molecule has 0 aliphatic carbocycles. The molecule has 0 bridgehead atoms. The van der Waals surface area contributed by atoms with Gasteiger partial charge in [-0.3, -0.25) is 13.9 Å². The van der Waals surface area contributed by atoms with Gasteiger partial charge in [-0.05, 0) is 57.4 Å². The number of rotatable bonds is 9. The summed E-state index contributed by atoms with van der Waals surface area (Å²) in [6, 6.07) is 12.0. The first-order valence-corrected chi connectivity index (χ1v) is 13.4. The molecule has 2 rings (SSSR count). The monoisotopic (exact) mass is 505 g/mol. The Kier molecular flexibility index (Phi) is 9.06. The first kappa shape index (κ1) is 28.3. The zero-order chi connectivity index (χ0) is 26.6. The standard InChI is InChI=1S/C26H36FN3O4S/c1-18(2)20-12-14-22(15-13-20)30(35(7,33)34)17-24(31)29(16-21-10-8-9-11-23(21)27)19(3)25(32)28-26(4,5)6/h8-15,18-19H,16-17H2,1-7H3,(H,28,32)/t19-/m0/s1. The molecule has 192 valence electrons. The summed E-state index contributed by atoms with van der Waals surface area (Å²) in [4.78, 5) is 27.6. The van der Waals surface area contributed by atoms with Gasteiger partial charge in [-0.1, -0.05) is 44.2 Å². The van der Waals surface area contributed by atoms with E-state index in [1.165, 1.54) is 23.1 Å². The topological polar surface area (TPSA) is 86.8 Å². The molecule has 2 aromatic rings. The van der Waals surface area contributed by atoms with E-state index in [0.29, 0.717) is 5.69 Å². The molecule has 0 radical (unpaired) electrons. The number of anilines is 1. The maximum atomic E-state index is 14.4. The Morgan fingerprint density at radius 2 is 1.57 bits per heavy atom. The molecule has 0 aliphatic heterocycles. The largest absolute Gasteiger partial charge is 0.350 e. The number of nitrogens with zero attached hydrogens (tertiary/aromatic N) is 2. The van der Waals surface area contributed by atoms with Gasteiger partial charge in [-0.2, -0.15) is 0 Å². The summed E-state index contributed by atoms with van der Waals surface area (Å²) in [5.74, 6) is -1.30. The Morgan fingerprint density at radius 1 is 1.00 bits per heavy atom. The quantitative estimate of drug-likeness (QED) is 0.557. The molecular weight excluding hydrogens is 469 g/mol.